The molecule has 0 saturated carbocycles. The van der Waals surface area contributed by atoms with E-state index >= 15 is 0 Å². The molecule has 0 radical (unpaired) electrons. The minimum absolute atomic E-state index is 0.240. The standard InChI is InChI=1S/C44H68N10O4S2/c1-43(2,3)29-23-33(37(59-20-18-47)35(25-29)53-41(57)31(49)14-7-9-16-45)51-39(55)27-12-11-13-28(22-27)40(56)52-34-24-30(44(4,5)6)26-36(38(34)60-21-19-48)54-42(58)32(50)15-8-10-17-46/h11-13,22-26,31-32H,7-10,14-21,45-50H2,1-6H3,(H,51,55)(H,52,56)(H,53,57)(H,54,58)/t31-,32-/m1/s1. The summed E-state index contributed by atoms with van der Waals surface area (Å²) >= 11 is 2.82. The Morgan fingerprint density at radius 2 is 0.883 bits per heavy atom. The van der Waals surface area contributed by atoms with E-state index < -0.39 is 23.9 Å². The minimum atomic E-state index is -0.736. The third-order valence-corrected chi connectivity index (χ3v) is 12.0. The van der Waals surface area contributed by atoms with Crippen molar-refractivity contribution in [1.82, 2.24) is 0 Å². The maximum atomic E-state index is 14.1. The van der Waals surface area contributed by atoms with Crippen LogP contribution in [0.2, 0.25) is 0 Å². The van der Waals surface area contributed by atoms with Crippen molar-refractivity contribution < 1.29 is 19.2 Å². The number of carbonyl (C=O) groups excluding carboxylic acids is 4. The highest BCUT2D eigenvalue weighted by Gasteiger charge is 2.26. The van der Waals surface area contributed by atoms with Crippen LogP contribution in [-0.2, 0) is 20.4 Å². The second-order valence-electron chi connectivity index (χ2n) is 16.8. The lowest BCUT2D eigenvalue weighted by Gasteiger charge is -2.25. The lowest BCUT2D eigenvalue weighted by atomic mass is 9.86. The SMILES string of the molecule is CC(C)(C)c1cc(NC(=O)c2cccc(C(=O)Nc3cc(C(C)(C)C)cc(NC(=O)[C@H](N)CCCCN)c3SCCN)c2)c(SCCN)c(NC(=O)[C@H](N)CCCCN)c1. The van der Waals surface area contributed by atoms with E-state index in [1.165, 1.54) is 29.6 Å². The van der Waals surface area contributed by atoms with Gasteiger partial charge in [0.15, 0.2) is 0 Å². The van der Waals surface area contributed by atoms with E-state index in [0.717, 1.165) is 36.8 Å². The molecular formula is C44H68N10O4S2. The van der Waals surface area contributed by atoms with Gasteiger partial charge >= 0.3 is 0 Å². The summed E-state index contributed by atoms with van der Waals surface area (Å²) in [5.74, 6) is -0.539. The van der Waals surface area contributed by atoms with Gasteiger partial charge in [0.1, 0.15) is 0 Å². The number of hydrogen-bond donors (Lipinski definition) is 10. The number of rotatable bonds is 22. The van der Waals surface area contributed by atoms with Gasteiger partial charge in [0.2, 0.25) is 11.8 Å². The van der Waals surface area contributed by atoms with Crippen LogP contribution < -0.4 is 55.7 Å². The summed E-state index contributed by atoms with van der Waals surface area (Å²) in [7, 11) is 0. The van der Waals surface area contributed by atoms with Gasteiger partial charge in [-0.15, -0.1) is 23.5 Å². The van der Waals surface area contributed by atoms with Gasteiger partial charge in [0.25, 0.3) is 11.8 Å². The normalized spacial score (nSPS) is 12.7. The summed E-state index contributed by atoms with van der Waals surface area (Å²) in [6, 6.07) is 12.6. The Kier molecular flexibility index (Phi) is 20.0. The molecule has 2 atom stereocenters. The Hall–Kier alpha value is -4.00. The van der Waals surface area contributed by atoms with Crippen LogP contribution in [0, 0.1) is 0 Å². The largest absolute Gasteiger partial charge is 0.330 e. The summed E-state index contributed by atoms with van der Waals surface area (Å²) in [5, 5.41) is 12.1. The van der Waals surface area contributed by atoms with Gasteiger partial charge in [0, 0.05) is 35.7 Å². The van der Waals surface area contributed by atoms with Crippen molar-refractivity contribution in [1.29, 1.82) is 0 Å². The molecule has 0 aromatic heterocycles. The average Bonchev–Trinajstić information content (AvgIpc) is 3.19. The van der Waals surface area contributed by atoms with Gasteiger partial charge in [0.05, 0.1) is 44.6 Å². The zero-order valence-electron chi connectivity index (χ0n) is 36.2. The number of benzene rings is 3. The molecule has 0 bridgehead atoms. The number of amides is 4. The van der Waals surface area contributed by atoms with Gasteiger partial charge in [-0.05, 0) is 103 Å². The molecular weight excluding hydrogens is 797 g/mol. The third-order valence-electron chi connectivity index (χ3n) is 9.65. The number of unbranched alkanes of at least 4 members (excludes halogenated alkanes) is 2. The number of thioether (sulfide) groups is 2. The van der Waals surface area contributed by atoms with E-state index in [0.29, 0.717) is 83.1 Å². The molecule has 4 amide bonds. The molecule has 0 aliphatic carbocycles. The number of anilines is 4. The van der Waals surface area contributed by atoms with Crippen molar-refractivity contribution in [2.24, 2.45) is 34.4 Å². The van der Waals surface area contributed by atoms with Crippen LogP contribution in [0.15, 0.2) is 58.3 Å². The summed E-state index contributed by atoms with van der Waals surface area (Å²) in [6.07, 6.45) is 3.95. The molecule has 0 heterocycles. The number of nitrogens with two attached hydrogens (primary N) is 6. The topological polar surface area (TPSA) is 273 Å². The molecule has 3 rings (SSSR count). The summed E-state index contributed by atoms with van der Waals surface area (Å²) in [6.45, 7) is 14.0. The molecule has 330 valence electrons. The molecule has 0 spiro atoms. The predicted octanol–water partition coefficient (Wildman–Crippen LogP) is 5.68. The van der Waals surface area contributed by atoms with E-state index in [9.17, 15) is 19.2 Å². The fraction of sp³-hybridized carbons (Fsp3) is 0.500. The first-order chi connectivity index (χ1) is 28.3. The Morgan fingerprint density at radius 3 is 1.20 bits per heavy atom. The van der Waals surface area contributed by atoms with E-state index in [1.807, 2.05) is 65.8 Å². The number of nitrogens with one attached hydrogen (secondary N) is 4. The lowest BCUT2D eigenvalue weighted by molar-refractivity contribution is -0.118. The lowest BCUT2D eigenvalue weighted by Crippen LogP contribution is -2.36. The third kappa shape index (κ3) is 15.2. The van der Waals surface area contributed by atoms with E-state index in [2.05, 4.69) is 21.3 Å². The molecule has 0 aliphatic heterocycles. The van der Waals surface area contributed by atoms with Crippen LogP contribution in [0.5, 0.6) is 0 Å². The average molecular weight is 865 g/mol. The van der Waals surface area contributed by atoms with Crippen molar-refractivity contribution in [3.8, 4) is 0 Å². The molecule has 0 fully saturated rings. The van der Waals surface area contributed by atoms with Crippen LogP contribution in [0.1, 0.15) is 112 Å². The van der Waals surface area contributed by atoms with Crippen molar-refractivity contribution in [3.05, 3.63) is 70.8 Å². The zero-order chi connectivity index (χ0) is 44.6. The van der Waals surface area contributed by atoms with Crippen LogP contribution in [0.4, 0.5) is 22.7 Å². The maximum Gasteiger partial charge on any atom is 0.255 e. The molecule has 16 N–H and O–H groups in total. The first-order valence-corrected chi connectivity index (χ1v) is 22.6. The molecule has 3 aromatic rings. The van der Waals surface area contributed by atoms with Crippen LogP contribution in [-0.4, -0.2) is 73.4 Å². The summed E-state index contributed by atoms with van der Waals surface area (Å²) < 4.78 is 0. The Balaban J connectivity index is 2.01. The Bertz CT molecular complexity index is 1800. The van der Waals surface area contributed by atoms with E-state index in [1.54, 1.807) is 18.2 Å². The number of hydrogen-bond acceptors (Lipinski definition) is 12. The predicted molar refractivity (Wildman–Crippen MR) is 251 cm³/mol. The van der Waals surface area contributed by atoms with Gasteiger partial charge < -0.3 is 55.7 Å². The molecule has 3 aromatic carbocycles. The van der Waals surface area contributed by atoms with E-state index in [4.69, 9.17) is 34.4 Å². The first kappa shape index (κ1) is 50.4. The Labute approximate surface area is 364 Å². The first-order valence-electron chi connectivity index (χ1n) is 20.6. The van der Waals surface area contributed by atoms with Crippen molar-refractivity contribution >= 4 is 69.9 Å². The van der Waals surface area contributed by atoms with Crippen LogP contribution in [0.3, 0.4) is 0 Å². The maximum absolute atomic E-state index is 14.1. The second kappa shape index (κ2) is 23.9. The zero-order valence-corrected chi connectivity index (χ0v) is 37.8. The second-order valence-corrected chi connectivity index (χ2v) is 19.0. The minimum Gasteiger partial charge on any atom is -0.330 e. The summed E-state index contributed by atoms with van der Waals surface area (Å²) in [5.41, 5.74) is 39.2. The van der Waals surface area contributed by atoms with Gasteiger partial charge in [-0.3, -0.25) is 19.2 Å². The van der Waals surface area contributed by atoms with Crippen molar-refractivity contribution in [2.75, 3.05) is 59.0 Å². The van der Waals surface area contributed by atoms with Crippen LogP contribution in [0.25, 0.3) is 0 Å². The van der Waals surface area contributed by atoms with Crippen molar-refractivity contribution in [3.63, 3.8) is 0 Å². The van der Waals surface area contributed by atoms with Gasteiger partial charge in [-0.2, -0.15) is 0 Å². The smallest absolute Gasteiger partial charge is 0.255 e. The molecule has 14 nitrogen and oxygen atoms in total. The van der Waals surface area contributed by atoms with E-state index in [-0.39, 0.29) is 33.8 Å². The molecule has 0 saturated heterocycles. The Morgan fingerprint density at radius 1 is 0.533 bits per heavy atom. The fourth-order valence-corrected chi connectivity index (χ4v) is 7.75. The number of carbonyl (C=O) groups is 4. The quantitative estimate of drug-likeness (QED) is 0.0432. The van der Waals surface area contributed by atoms with Gasteiger partial charge in [-0.1, -0.05) is 60.5 Å². The van der Waals surface area contributed by atoms with Gasteiger partial charge in [-0.25, -0.2) is 0 Å². The highest BCUT2D eigenvalue weighted by Crippen LogP contribution is 2.41. The highest BCUT2D eigenvalue weighted by molar-refractivity contribution is 7.99. The molecule has 60 heavy (non-hydrogen) atoms. The fourth-order valence-electron chi connectivity index (χ4n) is 6.05. The molecule has 0 unspecified atom stereocenters. The van der Waals surface area contributed by atoms with Crippen LogP contribution >= 0.6 is 23.5 Å². The highest BCUT2D eigenvalue weighted by atomic mass is 32.2. The monoisotopic (exact) mass is 864 g/mol. The molecule has 16 heteroatoms. The van der Waals surface area contributed by atoms with Crippen molar-refractivity contribution in [2.45, 2.75) is 113 Å². The molecule has 0 aliphatic rings. The summed E-state index contributed by atoms with van der Waals surface area (Å²) in [4.78, 5) is 56.0.